The van der Waals surface area contributed by atoms with Crippen LogP contribution in [0.2, 0.25) is 0 Å². The predicted molar refractivity (Wildman–Crippen MR) is 63.8 cm³/mol. The summed E-state index contributed by atoms with van der Waals surface area (Å²) in [5.74, 6) is 0.294. The quantitative estimate of drug-likeness (QED) is 0.684. The van der Waals surface area contributed by atoms with Gasteiger partial charge in [0.05, 0.1) is 10.6 Å². The molecule has 2 aliphatic heterocycles. The van der Waals surface area contributed by atoms with Crippen LogP contribution >= 0.6 is 0 Å². The summed E-state index contributed by atoms with van der Waals surface area (Å²) in [6.45, 7) is 1.02. The van der Waals surface area contributed by atoms with E-state index in [4.69, 9.17) is 0 Å². The fraction of sp³-hybridized carbons (Fsp3) is 0.500. The molecule has 0 bridgehead atoms. The molecule has 2 heterocycles. The Morgan fingerprint density at radius 3 is 2.88 bits per heavy atom. The van der Waals surface area contributed by atoms with Gasteiger partial charge in [0.15, 0.2) is 9.84 Å². The average molecular weight is 237 g/mol. The van der Waals surface area contributed by atoms with E-state index in [1.54, 1.807) is 0 Å². The van der Waals surface area contributed by atoms with Gasteiger partial charge in [0.25, 0.3) is 0 Å². The Kier molecular flexibility index (Phi) is 2.05. The van der Waals surface area contributed by atoms with E-state index < -0.39 is 9.84 Å². The minimum absolute atomic E-state index is 0.294. The number of benzene rings is 1. The van der Waals surface area contributed by atoms with Gasteiger partial charge in [-0.15, -0.1) is 0 Å². The van der Waals surface area contributed by atoms with E-state index in [0.29, 0.717) is 17.1 Å². The van der Waals surface area contributed by atoms with Crippen molar-refractivity contribution in [2.45, 2.75) is 24.2 Å². The molecular formula is C12H15NO2S. The first-order valence-electron chi connectivity index (χ1n) is 5.68. The number of hydrogen-bond donors (Lipinski definition) is 0. The van der Waals surface area contributed by atoms with Crippen molar-refractivity contribution >= 4 is 15.5 Å². The van der Waals surface area contributed by atoms with Gasteiger partial charge in [-0.05, 0) is 36.5 Å². The Morgan fingerprint density at radius 1 is 1.25 bits per heavy atom. The van der Waals surface area contributed by atoms with Crippen LogP contribution in [0.5, 0.6) is 0 Å². The third-order valence-electron chi connectivity index (χ3n) is 3.60. The van der Waals surface area contributed by atoms with Gasteiger partial charge in [-0.1, -0.05) is 6.07 Å². The number of rotatable bonds is 0. The molecule has 0 fully saturated rings. The molecule has 0 unspecified atom stereocenters. The highest BCUT2D eigenvalue weighted by atomic mass is 32.2. The minimum atomic E-state index is -3.00. The van der Waals surface area contributed by atoms with Crippen molar-refractivity contribution in [2.75, 3.05) is 24.2 Å². The van der Waals surface area contributed by atoms with Crippen LogP contribution in [-0.2, 0) is 22.7 Å². The van der Waals surface area contributed by atoms with E-state index in [9.17, 15) is 8.42 Å². The standard InChI is InChI=1S/C12H15NO2S/c1-13-7-2-3-10-11(13)5-4-9-6-8-16(14,15)12(9)10/h4-5H,2-3,6-8H2,1H3. The topological polar surface area (TPSA) is 37.4 Å². The molecule has 1 aromatic carbocycles. The maximum atomic E-state index is 12.0. The van der Waals surface area contributed by atoms with Gasteiger partial charge in [-0.3, -0.25) is 0 Å². The molecule has 0 radical (unpaired) electrons. The highest BCUT2D eigenvalue weighted by molar-refractivity contribution is 7.91. The second-order valence-electron chi connectivity index (χ2n) is 4.65. The monoisotopic (exact) mass is 237 g/mol. The fourth-order valence-corrected chi connectivity index (χ4v) is 4.65. The Hall–Kier alpha value is -1.03. The zero-order valence-electron chi connectivity index (χ0n) is 9.36. The van der Waals surface area contributed by atoms with Gasteiger partial charge in [0.2, 0.25) is 0 Å². The number of fused-ring (bicyclic) bond motifs is 3. The summed E-state index contributed by atoms with van der Waals surface area (Å²) in [6, 6.07) is 4.06. The summed E-state index contributed by atoms with van der Waals surface area (Å²) in [4.78, 5) is 2.81. The summed E-state index contributed by atoms with van der Waals surface area (Å²) in [5, 5.41) is 0. The lowest BCUT2D eigenvalue weighted by Gasteiger charge is -2.28. The van der Waals surface area contributed by atoms with Crippen LogP contribution in [0.1, 0.15) is 17.5 Å². The van der Waals surface area contributed by atoms with Gasteiger partial charge >= 0.3 is 0 Å². The smallest absolute Gasteiger partial charge is 0.179 e. The molecule has 0 saturated heterocycles. The summed E-state index contributed by atoms with van der Waals surface area (Å²) < 4.78 is 24.0. The van der Waals surface area contributed by atoms with Crippen molar-refractivity contribution in [3.8, 4) is 0 Å². The number of sulfone groups is 1. The lowest BCUT2D eigenvalue weighted by atomic mass is 9.99. The van der Waals surface area contributed by atoms with Crippen LogP contribution in [0.25, 0.3) is 0 Å². The molecule has 0 atom stereocenters. The van der Waals surface area contributed by atoms with E-state index >= 15 is 0 Å². The van der Waals surface area contributed by atoms with E-state index in [1.165, 1.54) is 0 Å². The molecule has 0 saturated carbocycles. The summed E-state index contributed by atoms with van der Waals surface area (Å²) in [7, 11) is -0.963. The van der Waals surface area contributed by atoms with Crippen LogP contribution in [-0.4, -0.2) is 27.8 Å². The lowest BCUT2D eigenvalue weighted by molar-refractivity contribution is 0.598. The molecule has 0 aromatic heterocycles. The Labute approximate surface area is 96.0 Å². The number of anilines is 1. The Morgan fingerprint density at radius 2 is 2.06 bits per heavy atom. The van der Waals surface area contributed by atoms with Crippen LogP contribution in [0, 0.1) is 0 Å². The highest BCUT2D eigenvalue weighted by Crippen LogP contribution is 2.37. The second kappa shape index (κ2) is 3.23. The van der Waals surface area contributed by atoms with E-state index in [-0.39, 0.29) is 0 Å². The summed E-state index contributed by atoms with van der Waals surface area (Å²) in [6.07, 6.45) is 2.65. The maximum Gasteiger partial charge on any atom is 0.179 e. The summed E-state index contributed by atoms with van der Waals surface area (Å²) >= 11 is 0. The third kappa shape index (κ3) is 1.29. The number of hydrogen-bond acceptors (Lipinski definition) is 3. The van der Waals surface area contributed by atoms with Crippen LogP contribution < -0.4 is 4.90 Å². The second-order valence-corrected chi connectivity index (χ2v) is 6.69. The van der Waals surface area contributed by atoms with Gasteiger partial charge in [0.1, 0.15) is 0 Å². The Bertz CT molecular complexity index is 548. The van der Waals surface area contributed by atoms with Crippen molar-refractivity contribution in [2.24, 2.45) is 0 Å². The van der Waals surface area contributed by atoms with Gasteiger partial charge in [-0.2, -0.15) is 0 Å². The number of aryl methyl sites for hydroxylation is 1. The van der Waals surface area contributed by atoms with Gasteiger partial charge in [-0.25, -0.2) is 8.42 Å². The van der Waals surface area contributed by atoms with Crippen molar-refractivity contribution in [1.29, 1.82) is 0 Å². The Balaban J connectivity index is 2.30. The molecule has 3 rings (SSSR count). The zero-order valence-corrected chi connectivity index (χ0v) is 10.2. The van der Waals surface area contributed by atoms with Crippen LogP contribution in [0.4, 0.5) is 5.69 Å². The van der Waals surface area contributed by atoms with E-state index in [1.807, 2.05) is 13.1 Å². The molecule has 86 valence electrons. The third-order valence-corrected chi connectivity index (χ3v) is 5.47. The van der Waals surface area contributed by atoms with Crippen molar-refractivity contribution < 1.29 is 8.42 Å². The van der Waals surface area contributed by atoms with Crippen LogP contribution in [0.15, 0.2) is 17.0 Å². The van der Waals surface area contributed by atoms with Crippen LogP contribution in [0.3, 0.4) is 0 Å². The molecule has 4 heteroatoms. The molecule has 0 aliphatic carbocycles. The molecule has 2 aliphatic rings. The first-order chi connectivity index (χ1) is 7.59. The van der Waals surface area contributed by atoms with Gasteiger partial charge < -0.3 is 4.90 Å². The average Bonchev–Trinajstić information content (AvgIpc) is 2.56. The normalized spacial score (nSPS) is 21.7. The number of nitrogens with zero attached hydrogens (tertiary/aromatic N) is 1. The molecule has 3 nitrogen and oxygen atoms in total. The summed E-state index contributed by atoms with van der Waals surface area (Å²) in [5.41, 5.74) is 3.19. The molecule has 16 heavy (non-hydrogen) atoms. The maximum absolute atomic E-state index is 12.0. The zero-order chi connectivity index (χ0) is 11.3. The van der Waals surface area contributed by atoms with E-state index in [0.717, 1.165) is 36.2 Å². The largest absolute Gasteiger partial charge is 0.374 e. The van der Waals surface area contributed by atoms with Crippen molar-refractivity contribution in [1.82, 2.24) is 0 Å². The van der Waals surface area contributed by atoms with Gasteiger partial charge in [0, 0.05) is 19.3 Å². The van der Waals surface area contributed by atoms with Crippen molar-refractivity contribution in [3.63, 3.8) is 0 Å². The molecular weight excluding hydrogens is 222 g/mol. The molecule has 0 spiro atoms. The predicted octanol–water partition coefficient (Wildman–Crippen LogP) is 1.40. The first kappa shape index (κ1) is 10.1. The first-order valence-corrected chi connectivity index (χ1v) is 7.33. The fourth-order valence-electron chi connectivity index (χ4n) is 2.81. The molecule has 0 amide bonds. The van der Waals surface area contributed by atoms with E-state index in [2.05, 4.69) is 11.0 Å². The molecule has 1 aromatic rings. The van der Waals surface area contributed by atoms with Crippen molar-refractivity contribution in [3.05, 3.63) is 23.3 Å². The minimum Gasteiger partial charge on any atom is -0.374 e. The SMILES string of the molecule is CN1CCCc2c1ccc1c2S(=O)(=O)CC1. The lowest BCUT2D eigenvalue weighted by Crippen LogP contribution is -2.25. The highest BCUT2D eigenvalue weighted by Gasteiger charge is 2.32. The molecule has 0 N–H and O–H groups in total.